The first-order valence-electron chi connectivity index (χ1n) is 21.5. The molecule has 0 aliphatic carbocycles. The van der Waals surface area contributed by atoms with Gasteiger partial charge in [-0.3, -0.25) is 0 Å². The van der Waals surface area contributed by atoms with E-state index in [1.54, 1.807) is 0 Å². The van der Waals surface area contributed by atoms with Gasteiger partial charge in [0.15, 0.2) is 0 Å². The molecule has 6 aromatic carbocycles. The van der Waals surface area contributed by atoms with Gasteiger partial charge in [-0.05, 0) is 177 Å². The summed E-state index contributed by atoms with van der Waals surface area (Å²) in [6.07, 6.45) is 0. The topological polar surface area (TPSA) is 0 Å². The van der Waals surface area contributed by atoms with Gasteiger partial charge < -0.3 is 0 Å². The molecule has 58 heavy (non-hydrogen) atoms. The SMILES string of the molecule is Cc1cc(C)c([C+](c2ccc(C(C)(C)C)cc2)c2ccc(C(C)(C)C)cc2)cc1-c1cc(C(c2ccc(C(C)(C)C)cc2)c2ccc(C(C)(C)C)cc2)c(C)cc1C. The molecule has 0 aromatic heterocycles. The molecular weight excluding hydrogens is 697 g/mol. The molecule has 0 aliphatic heterocycles. The van der Waals surface area contributed by atoms with E-state index in [0.717, 1.165) is 0 Å². The van der Waals surface area contributed by atoms with E-state index in [2.05, 4.69) is 232 Å². The normalized spacial score (nSPS) is 12.6. The Hall–Kier alpha value is -4.81. The summed E-state index contributed by atoms with van der Waals surface area (Å²) in [5, 5.41) is 0. The Morgan fingerprint density at radius 3 is 1.00 bits per heavy atom. The second-order valence-electron chi connectivity index (χ2n) is 21.2. The molecule has 0 saturated heterocycles. The maximum atomic E-state index is 2.52. The van der Waals surface area contributed by atoms with Crippen molar-refractivity contribution < 1.29 is 0 Å². The summed E-state index contributed by atoms with van der Waals surface area (Å²) < 4.78 is 0. The molecule has 0 bridgehead atoms. The van der Waals surface area contributed by atoms with Crippen LogP contribution in [0.5, 0.6) is 0 Å². The fourth-order valence-corrected chi connectivity index (χ4v) is 8.54. The van der Waals surface area contributed by atoms with E-state index >= 15 is 0 Å². The molecular formula is C58H69+. The molecule has 6 aromatic rings. The lowest BCUT2D eigenvalue weighted by Gasteiger charge is -2.26. The Bertz CT molecular complexity index is 2070. The summed E-state index contributed by atoms with van der Waals surface area (Å²) in [5.74, 6) is 1.37. The highest BCUT2D eigenvalue weighted by Gasteiger charge is 2.29. The van der Waals surface area contributed by atoms with Gasteiger partial charge in [0, 0.05) is 17.0 Å². The molecule has 0 saturated carbocycles. The lowest BCUT2D eigenvalue weighted by atomic mass is 9.77. The van der Waals surface area contributed by atoms with E-state index in [4.69, 9.17) is 0 Å². The van der Waals surface area contributed by atoms with Crippen molar-refractivity contribution in [2.75, 3.05) is 0 Å². The zero-order chi connectivity index (χ0) is 42.5. The average Bonchev–Trinajstić information content (AvgIpc) is 3.13. The van der Waals surface area contributed by atoms with Crippen LogP contribution >= 0.6 is 0 Å². The third-order valence-electron chi connectivity index (χ3n) is 12.4. The summed E-state index contributed by atoms with van der Waals surface area (Å²) in [6.45, 7) is 36.7. The van der Waals surface area contributed by atoms with Crippen molar-refractivity contribution in [2.24, 2.45) is 0 Å². The molecule has 0 spiro atoms. The van der Waals surface area contributed by atoms with Gasteiger partial charge in [0.25, 0.3) is 0 Å². The summed E-state index contributed by atoms with van der Waals surface area (Å²) >= 11 is 0. The third kappa shape index (κ3) is 9.08. The van der Waals surface area contributed by atoms with Crippen LogP contribution in [0.25, 0.3) is 11.1 Å². The lowest BCUT2D eigenvalue weighted by Crippen LogP contribution is -2.13. The molecule has 0 aliphatic rings. The number of rotatable bonds is 7. The Balaban J connectivity index is 1.55. The van der Waals surface area contributed by atoms with Crippen LogP contribution in [0.4, 0.5) is 0 Å². The van der Waals surface area contributed by atoms with E-state index in [0.29, 0.717) is 0 Å². The number of hydrogen-bond donors (Lipinski definition) is 0. The van der Waals surface area contributed by atoms with Crippen LogP contribution in [-0.2, 0) is 21.7 Å². The van der Waals surface area contributed by atoms with Crippen LogP contribution in [0.1, 0.15) is 167 Å². The van der Waals surface area contributed by atoms with Gasteiger partial charge in [-0.15, -0.1) is 0 Å². The molecule has 0 atom stereocenters. The molecule has 0 heterocycles. The van der Waals surface area contributed by atoms with Gasteiger partial charge in [-0.2, -0.15) is 0 Å². The quantitative estimate of drug-likeness (QED) is 0.112. The van der Waals surface area contributed by atoms with Crippen LogP contribution in [0.2, 0.25) is 0 Å². The minimum Gasteiger partial charge on any atom is -0.0582 e. The van der Waals surface area contributed by atoms with Crippen LogP contribution in [0.15, 0.2) is 121 Å². The van der Waals surface area contributed by atoms with Gasteiger partial charge >= 0.3 is 0 Å². The number of aryl methyl sites for hydroxylation is 4. The van der Waals surface area contributed by atoms with Gasteiger partial charge in [-0.25, -0.2) is 0 Å². The molecule has 0 fully saturated rings. The van der Waals surface area contributed by atoms with Gasteiger partial charge in [-0.1, -0.05) is 138 Å². The van der Waals surface area contributed by atoms with E-state index in [1.807, 2.05) is 0 Å². The highest BCUT2D eigenvalue weighted by Crippen LogP contribution is 2.43. The van der Waals surface area contributed by atoms with Crippen molar-refractivity contribution in [3.8, 4) is 11.1 Å². The van der Waals surface area contributed by atoms with Crippen LogP contribution in [0.3, 0.4) is 0 Å². The van der Waals surface area contributed by atoms with Gasteiger partial charge in [0.05, 0.1) is 22.6 Å². The third-order valence-corrected chi connectivity index (χ3v) is 12.4. The first kappa shape index (κ1) is 42.8. The monoisotopic (exact) mass is 766 g/mol. The zero-order valence-corrected chi connectivity index (χ0v) is 38.6. The molecule has 0 nitrogen and oxygen atoms in total. The van der Waals surface area contributed by atoms with Crippen LogP contribution in [0, 0.1) is 33.6 Å². The Kier molecular flexibility index (Phi) is 11.6. The van der Waals surface area contributed by atoms with Crippen LogP contribution < -0.4 is 0 Å². The fourth-order valence-electron chi connectivity index (χ4n) is 8.54. The Labute approximate surface area is 353 Å². The van der Waals surface area contributed by atoms with E-state index in [1.165, 1.54) is 94.9 Å². The highest BCUT2D eigenvalue weighted by molar-refractivity contribution is 5.76. The summed E-state index contributed by atoms with van der Waals surface area (Å²) in [4.78, 5) is 0. The minimum atomic E-state index is 0.0851. The first-order valence-corrected chi connectivity index (χ1v) is 21.5. The maximum absolute atomic E-state index is 2.52. The van der Waals surface area contributed by atoms with Crippen molar-refractivity contribution in [1.29, 1.82) is 0 Å². The van der Waals surface area contributed by atoms with Crippen molar-refractivity contribution in [3.63, 3.8) is 0 Å². The Morgan fingerprint density at radius 2 is 0.655 bits per heavy atom. The number of benzene rings is 6. The molecule has 0 unspecified atom stereocenters. The smallest absolute Gasteiger partial charge is 0.0582 e. The first-order chi connectivity index (χ1) is 26.9. The number of hydrogen-bond acceptors (Lipinski definition) is 0. The zero-order valence-electron chi connectivity index (χ0n) is 38.6. The fraction of sp³-hybridized carbons (Fsp3) is 0.362. The van der Waals surface area contributed by atoms with Crippen molar-refractivity contribution >= 4 is 0 Å². The second kappa shape index (κ2) is 15.7. The van der Waals surface area contributed by atoms with Gasteiger partial charge in [0.1, 0.15) is 0 Å². The van der Waals surface area contributed by atoms with Crippen molar-refractivity contribution in [1.82, 2.24) is 0 Å². The largest absolute Gasteiger partial charge is 0.0634 e. The molecule has 6 rings (SSSR count). The van der Waals surface area contributed by atoms with E-state index < -0.39 is 0 Å². The van der Waals surface area contributed by atoms with Crippen molar-refractivity contribution in [3.05, 3.63) is 205 Å². The minimum absolute atomic E-state index is 0.0851. The van der Waals surface area contributed by atoms with E-state index in [9.17, 15) is 0 Å². The summed E-state index contributed by atoms with van der Waals surface area (Å²) in [5.41, 5.74) is 21.3. The Morgan fingerprint density at radius 1 is 0.345 bits per heavy atom. The van der Waals surface area contributed by atoms with Crippen LogP contribution in [-0.4, -0.2) is 0 Å². The highest BCUT2D eigenvalue weighted by atomic mass is 14.3. The standard InChI is InChI=1S/C58H69/c1-37-33-39(3)51(53(41-17-25-45(26-18-41)55(5,6)7)42-19-27-46(28-20-42)56(8,9)10)35-49(37)50-36-52(40(4)34-38(50)2)54(43-21-29-47(30-22-43)57(11,12)13)44-23-31-48(32-24-44)58(14,15)16/h17-36,53H,1-16H3/q+1. The molecule has 0 amide bonds. The molecule has 0 N–H and O–H groups in total. The summed E-state index contributed by atoms with van der Waals surface area (Å²) in [6, 6.07) is 47.3. The average molecular weight is 766 g/mol. The van der Waals surface area contributed by atoms with Crippen molar-refractivity contribution in [2.45, 2.75) is 138 Å². The predicted octanol–water partition coefficient (Wildman–Crippen LogP) is 16.0. The van der Waals surface area contributed by atoms with E-state index in [-0.39, 0.29) is 27.6 Å². The molecule has 0 heteroatoms. The predicted molar refractivity (Wildman–Crippen MR) is 253 cm³/mol. The summed E-state index contributed by atoms with van der Waals surface area (Å²) in [7, 11) is 0. The maximum Gasteiger partial charge on any atom is 0.0634 e. The second-order valence-corrected chi connectivity index (χ2v) is 21.2. The molecule has 300 valence electrons. The molecule has 0 radical (unpaired) electrons. The lowest BCUT2D eigenvalue weighted by molar-refractivity contribution is 0.589. The van der Waals surface area contributed by atoms with Gasteiger partial charge in [0.2, 0.25) is 0 Å².